The molecule has 110 valence electrons. The van der Waals surface area contributed by atoms with Crippen LogP contribution in [0.2, 0.25) is 5.02 Å². The zero-order valence-electron chi connectivity index (χ0n) is 11.6. The van der Waals surface area contributed by atoms with Gasteiger partial charge in [-0.25, -0.2) is 4.39 Å². The van der Waals surface area contributed by atoms with Gasteiger partial charge in [0, 0.05) is 17.6 Å². The second kappa shape index (κ2) is 6.55. The third-order valence-corrected chi connectivity index (χ3v) is 4.33. The predicted octanol–water partition coefficient (Wildman–Crippen LogP) is 3.73. The lowest BCUT2D eigenvalue weighted by Crippen LogP contribution is -2.47. The van der Waals surface area contributed by atoms with Crippen LogP contribution in [-0.4, -0.2) is 18.5 Å². The fourth-order valence-electron chi connectivity index (χ4n) is 2.83. The van der Waals surface area contributed by atoms with Crippen molar-refractivity contribution in [3.63, 3.8) is 0 Å². The molecular weight excluding hydrogens is 279 g/mol. The summed E-state index contributed by atoms with van der Waals surface area (Å²) in [4.78, 5) is 12.2. The monoisotopic (exact) mass is 298 g/mol. The third kappa shape index (κ3) is 3.70. The zero-order chi connectivity index (χ0) is 14.6. The molecule has 1 aliphatic carbocycles. The largest absolute Gasteiger partial charge is 0.326 e. The summed E-state index contributed by atoms with van der Waals surface area (Å²) < 4.78 is 13.1. The van der Waals surface area contributed by atoms with Gasteiger partial charge in [-0.15, -0.1) is 0 Å². The highest BCUT2D eigenvalue weighted by Gasteiger charge is 2.32. The molecule has 0 aromatic heterocycles. The number of nitrogens with one attached hydrogen (secondary N) is 2. The van der Waals surface area contributed by atoms with Crippen LogP contribution in [0.4, 0.5) is 10.1 Å². The molecule has 1 aromatic carbocycles. The van der Waals surface area contributed by atoms with E-state index >= 15 is 0 Å². The van der Waals surface area contributed by atoms with Crippen molar-refractivity contribution in [3.8, 4) is 0 Å². The number of carbonyl (C=O) groups excluding carboxylic acids is 1. The Kier molecular flexibility index (Phi) is 5.00. The van der Waals surface area contributed by atoms with Crippen LogP contribution in [-0.2, 0) is 4.79 Å². The molecular formula is C15H20ClFN2O. The number of rotatable bonds is 4. The van der Waals surface area contributed by atoms with E-state index in [0.29, 0.717) is 12.1 Å². The predicted molar refractivity (Wildman–Crippen MR) is 79.5 cm³/mol. The molecule has 0 aliphatic heterocycles. The topological polar surface area (TPSA) is 41.1 Å². The van der Waals surface area contributed by atoms with Gasteiger partial charge in [-0.1, -0.05) is 30.9 Å². The molecule has 1 aliphatic rings. The van der Waals surface area contributed by atoms with Gasteiger partial charge in [0.05, 0.1) is 5.02 Å². The highest BCUT2D eigenvalue weighted by molar-refractivity contribution is 6.31. The minimum atomic E-state index is -0.483. The Hall–Kier alpha value is -1.13. The van der Waals surface area contributed by atoms with Crippen LogP contribution in [0.5, 0.6) is 0 Å². The maximum Gasteiger partial charge on any atom is 0.226 e. The highest BCUT2D eigenvalue weighted by Crippen LogP contribution is 2.31. The number of hydrogen-bond acceptors (Lipinski definition) is 2. The number of carbonyl (C=O) groups is 1. The molecule has 0 radical (unpaired) electrons. The normalized spacial score (nSPS) is 17.8. The molecule has 0 saturated heterocycles. The lowest BCUT2D eigenvalue weighted by atomic mass is 9.79. The number of benzene rings is 1. The van der Waals surface area contributed by atoms with Crippen molar-refractivity contribution in [2.75, 3.05) is 12.4 Å². The Balaban J connectivity index is 1.98. The molecule has 0 atom stereocenters. The fraction of sp³-hybridized carbons (Fsp3) is 0.533. The van der Waals surface area contributed by atoms with Crippen molar-refractivity contribution >= 4 is 23.2 Å². The molecule has 0 bridgehead atoms. The maximum atomic E-state index is 13.1. The number of hydrogen-bond donors (Lipinski definition) is 2. The van der Waals surface area contributed by atoms with E-state index in [0.717, 1.165) is 25.7 Å². The number of amides is 1. The molecule has 0 heterocycles. The van der Waals surface area contributed by atoms with E-state index in [2.05, 4.69) is 10.6 Å². The van der Waals surface area contributed by atoms with Crippen molar-refractivity contribution in [1.82, 2.24) is 5.32 Å². The minimum absolute atomic E-state index is 0.0174. The Morgan fingerprint density at radius 1 is 1.35 bits per heavy atom. The summed E-state index contributed by atoms with van der Waals surface area (Å²) in [7, 11) is 1.91. The van der Waals surface area contributed by atoms with Gasteiger partial charge < -0.3 is 10.6 Å². The van der Waals surface area contributed by atoms with E-state index in [4.69, 9.17) is 11.6 Å². The quantitative estimate of drug-likeness (QED) is 0.889. The van der Waals surface area contributed by atoms with E-state index < -0.39 is 5.82 Å². The van der Waals surface area contributed by atoms with E-state index in [1.54, 1.807) is 0 Å². The van der Waals surface area contributed by atoms with Crippen LogP contribution >= 0.6 is 11.6 Å². The third-order valence-electron chi connectivity index (χ3n) is 4.04. The molecule has 0 unspecified atom stereocenters. The van der Waals surface area contributed by atoms with Crippen molar-refractivity contribution in [2.24, 2.45) is 0 Å². The lowest BCUT2D eigenvalue weighted by molar-refractivity contribution is -0.117. The van der Waals surface area contributed by atoms with Crippen LogP contribution in [0.1, 0.15) is 38.5 Å². The van der Waals surface area contributed by atoms with Gasteiger partial charge in [0.1, 0.15) is 5.82 Å². The van der Waals surface area contributed by atoms with Crippen molar-refractivity contribution in [3.05, 3.63) is 29.0 Å². The summed E-state index contributed by atoms with van der Waals surface area (Å²) in [6.07, 6.45) is 5.99. The summed E-state index contributed by atoms with van der Waals surface area (Å²) in [5.41, 5.74) is 0.426. The Labute approximate surface area is 123 Å². The summed E-state index contributed by atoms with van der Waals surface area (Å²) in [6.45, 7) is 0. The van der Waals surface area contributed by atoms with Crippen LogP contribution < -0.4 is 10.6 Å². The van der Waals surface area contributed by atoms with Crippen molar-refractivity contribution in [2.45, 2.75) is 44.1 Å². The van der Waals surface area contributed by atoms with Crippen LogP contribution in [0.25, 0.3) is 0 Å². The van der Waals surface area contributed by atoms with Crippen LogP contribution in [0.15, 0.2) is 18.2 Å². The molecule has 5 heteroatoms. The maximum absolute atomic E-state index is 13.1. The number of halogens is 2. The molecule has 2 rings (SSSR count). The Bertz CT molecular complexity index is 487. The zero-order valence-corrected chi connectivity index (χ0v) is 12.4. The Morgan fingerprint density at radius 3 is 2.65 bits per heavy atom. The summed E-state index contributed by atoms with van der Waals surface area (Å²) in [5.74, 6) is -0.549. The minimum Gasteiger partial charge on any atom is -0.326 e. The first-order valence-corrected chi connectivity index (χ1v) is 7.36. The van der Waals surface area contributed by atoms with Gasteiger partial charge >= 0.3 is 0 Å². The second-order valence-corrected chi connectivity index (χ2v) is 5.85. The molecule has 0 spiro atoms. The van der Waals surface area contributed by atoms with Gasteiger partial charge in [-0.3, -0.25) is 4.79 Å². The Morgan fingerprint density at radius 2 is 2.05 bits per heavy atom. The molecule has 1 saturated carbocycles. The molecule has 2 N–H and O–H groups in total. The van der Waals surface area contributed by atoms with Crippen LogP contribution in [0, 0.1) is 5.82 Å². The average Bonchev–Trinajstić information content (AvgIpc) is 2.44. The van der Waals surface area contributed by atoms with Gasteiger partial charge in [0.15, 0.2) is 0 Å². The summed E-state index contributed by atoms with van der Waals surface area (Å²) in [6, 6.07) is 4.21. The summed E-state index contributed by atoms with van der Waals surface area (Å²) >= 11 is 5.71. The van der Waals surface area contributed by atoms with Crippen molar-refractivity contribution in [1.29, 1.82) is 0 Å². The van der Waals surface area contributed by atoms with E-state index in [9.17, 15) is 9.18 Å². The van der Waals surface area contributed by atoms with E-state index in [-0.39, 0.29) is 16.5 Å². The van der Waals surface area contributed by atoms with E-state index in [1.807, 2.05) is 7.05 Å². The molecule has 1 amide bonds. The average molecular weight is 299 g/mol. The molecule has 20 heavy (non-hydrogen) atoms. The summed E-state index contributed by atoms with van der Waals surface area (Å²) in [5, 5.41) is 6.11. The van der Waals surface area contributed by atoms with Crippen molar-refractivity contribution < 1.29 is 9.18 Å². The first-order chi connectivity index (χ1) is 9.54. The fourth-order valence-corrected chi connectivity index (χ4v) is 3.01. The first kappa shape index (κ1) is 15.3. The molecule has 1 fully saturated rings. The lowest BCUT2D eigenvalue weighted by Gasteiger charge is -2.36. The van der Waals surface area contributed by atoms with Gasteiger partial charge in [-0.05, 0) is 38.1 Å². The first-order valence-electron chi connectivity index (χ1n) is 6.98. The molecule has 3 nitrogen and oxygen atoms in total. The van der Waals surface area contributed by atoms with E-state index in [1.165, 1.54) is 24.6 Å². The number of anilines is 1. The second-order valence-electron chi connectivity index (χ2n) is 5.44. The SMILES string of the molecule is CNC1(CC(=O)Nc2ccc(F)c(Cl)c2)CCCCC1. The van der Waals surface area contributed by atoms with Gasteiger partial charge in [-0.2, -0.15) is 0 Å². The molecule has 1 aromatic rings. The standard InChI is InChI=1S/C15H20ClFN2O/c1-18-15(7-3-2-4-8-15)10-14(20)19-11-5-6-13(17)12(16)9-11/h5-6,9,18H,2-4,7-8,10H2,1H3,(H,19,20). The smallest absolute Gasteiger partial charge is 0.226 e. The van der Waals surface area contributed by atoms with Gasteiger partial charge in [0.2, 0.25) is 5.91 Å². The van der Waals surface area contributed by atoms with Crippen LogP contribution in [0.3, 0.4) is 0 Å². The highest BCUT2D eigenvalue weighted by atomic mass is 35.5. The van der Waals surface area contributed by atoms with Gasteiger partial charge in [0.25, 0.3) is 0 Å².